The van der Waals surface area contributed by atoms with Crippen molar-refractivity contribution in [1.82, 2.24) is 10.2 Å². The fraction of sp³-hybridized carbons (Fsp3) is 1.00. The van der Waals surface area contributed by atoms with Crippen molar-refractivity contribution in [2.75, 3.05) is 26.2 Å². The molecule has 0 aliphatic carbocycles. The largest absolute Gasteiger partial charge is 0.389 e. The van der Waals surface area contributed by atoms with Crippen molar-refractivity contribution in [3.8, 4) is 0 Å². The van der Waals surface area contributed by atoms with Crippen molar-refractivity contribution in [3.63, 3.8) is 0 Å². The Balaban J connectivity index is 1.81. The van der Waals surface area contributed by atoms with Gasteiger partial charge in [-0.2, -0.15) is 0 Å². The molecule has 2 N–H and O–H groups in total. The summed E-state index contributed by atoms with van der Waals surface area (Å²) < 4.78 is 5.51. The molecule has 112 valence electrons. The third-order valence-electron chi connectivity index (χ3n) is 4.29. The number of nitrogens with one attached hydrogen (secondary N) is 1. The number of aliphatic hydroxyl groups is 1. The van der Waals surface area contributed by atoms with Crippen LogP contribution in [-0.2, 0) is 4.74 Å². The average molecular weight is 270 g/mol. The molecular weight excluding hydrogens is 240 g/mol. The molecule has 0 radical (unpaired) electrons. The number of aliphatic hydroxyl groups excluding tert-OH is 1. The molecule has 4 nitrogen and oxygen atoms in total. The zero-order valence-electron chi connectivity index (χ0n) is 12.5. The van der Waals surface area contributed by atoms with Gasteiger partial charge in [0.05, 0.1) is 18.8 Å². The number of nitrogens with zero attached hydrogens (tertiary/aromatic N) is 1. The first-order valence-corrected chi connectivity index (χ1v) is 7.94. The Morgan fingerprint density at radius 2 is 2.11 bits per heavy atom. The second-order valence-electron chi connectivity index (χ2n) is 6.30. The van der Waals surface area contributed by atoms with Crippen LogP contribution in [0.1, 0.15) is 46.0 Å². The van der Waals surface area contributed by atoms with Gasteiger partial charge >= 0.3 is 0 Å². The van der Waals surface area contributed by atoms with Gasteiger partial charge in [-0.1, -0.05) is 6.42 Å². The van der Waals surface area contributed by atoms with E-state index in [4.69, 9.17) is 4.74 Å². The maximum Gasteiger partial charge on any atom is 0.0900 e. The molecule has 4 heteroatoms. The van der Waals surface area contributed by atoms with Crippen LogP contribution in [0.4, 0.5) is 0 Å². The fourth-order valence-corrected chi connectivity index (χ4v) is 3.37. The molecule has 3 unspecified atom stereocenters. The lowest BCUT2D eigenvalue weighted by atomic mass is 9.94. The van der Waals surface area contributed by atoms with Crippen LogP contribution in [0.5, 0.6) is 0 Å². The third kappa shape index (κ3) is 4.71. The summed E-state index contributed by atoms with van der Waals surface area (Å²) in [5.74, 6) is 0. The van der Waals surface area contributed by atoms with E-state index in [1.54, 1.807) is 0 Å². The van der Waals surface area contributed by atoms with Crippen molar-refractivity contribution < 1.29 is 9.84 Å². The summed E-state index contributed by atoms with van der Waals surface area (Å²) in [6.07, 6.45) is 6.30. The molecule has 0 aromatic carbocycles. The zero-order chi connectivity index (χ0) is 13.7. The number of piperidine rings is 1. The van der Waals surface area contributed by atoms with Gasteiger partial charge in [0.1, 0.15) is 0 Å². The summed E-state index contributed by atoms with van der Waals surface area (Å²) in [5.41, 5.74) is 0. The summed E-state index contributed by atoms with van der Waals surface area (Å²) in [7, 11) is 0. The van der Waals surface area contributed by atoms with Crippen LogP contribution < -0.4 is 5.32 Å². The normalized spacial score (nSPS) is 30.9. The van der Waals surface area contributed by atoms with E-state index < -0.39 is 0 Å². The monoisotopic (exact) mass is 270 g/mol. The highest BCUT2D eigenvalue weighted by Crippen LogP contribution is 2.24. The molecule has 0 aromatic rings. The molecule has 2 aliphatic heterocycles. The van der Waals surface area contributed by atoms with Gasteiger partial charge in [0.25, 0.3) is 0 Å². The Hall–Kier alpha value is -0.160. The highest BCUT2D eigenvalue weighted by atomic mass is 16.5. The molecule has 2 heterocycles. The van der Waals surface area contributed by atoms with Gasteiger partial charge in [0.15, 0.2) is 0 Å². The van der Waals surface area contributed by atoms with Crippen LogP contribution in [0.2, 0.25) is 0 Å². The molecule has 2 rings (SSSR count). The average Bonchev–Trinajstić information content (AvgIpc) is 2.91. The van der Waals surface area contributed by atoms with Crippen LogP contribution in [0.3, 0.4) is 0 Å². The van der Waals surface area contributed by atoms with E-state index >= 15 is 0 Å². The first-order chi connectivity index (χ1) is 9.16. The lowest BCUT2D eigenvalue weighted by molar-refractivity contribution is -0.0213. The Bertz CT molecular complexity index is 255. The van der Waals surface area contributed by atoms with E-state index in [9.17, 15) is 5.11 Å². The number of likely N-dealkylation sites (tertiary alicyclic amines) is 1. The number of ether oxygens (including phenoxy) is 1. The SMILES string of the molecule is CC(C)OCC(O)CN1CCCCC1C1CCCN1. The summed E-state index contributed by atoms with van der Waals surface area (Å²) in [5, 5.41) is 13.7. The lowest BCUT2D eigenvalue weighted by Crippen LogP contribution is -2.52. The quantitative estimate of drug-likeness (QED) is 0.765. The molecule has 0 aromatic heterocycles. The van der Waals surface area contributed by atoms with Gasteiger partial charge in [0.2, 0.25) is 0 Å². The first kappa shape index (κ1) is 15.2. The molecule has 3 atom stereocenters. The highest BCUT2D eigenvalue weighted by molar-refractivity contribution is 4.91. The molecule has 0 amide bonds. The summed E-state index contributed by atoms with van der Waals surface area (Å²) in [6, 6.07) is 1.25. The van der Waals surface area contributed by atoms with Crippen molar-refractivity contribution in [2.24, 2.45) is 0 Å². The number of hydrogen-bond acceptors (Lipinski definition) is 4. The second-order valence-corrected chi connectivity index (χ2v) is 6.30. The van der Waals surface area contributed by atoms with Gasteiger partial charge in [-0.05, 0) is 52.6 Å². The van der Waals surface area contributed by atoms with Crippen LogP contribution in [0.25, 0.3) is 0 Å². The van der Waals surface area contributed by atoms with E-state index in [1.807, 2.05) is 13.8 Å². The Morgan fingerprint density at radius 1 is 1.26 bits per heavy atom. The lowest BCUT2D eigenvalue weighted by Gasteiger charge is -2.40. The van der Waals surface area contributed by atoms with Crippen molar-refractivity contribution >= 4 is 0 Å². The van der Waals surface area contributed by atoms with Gasteiger partial charge in [-0.3, -0.25) is 4.90 Å². The van der Waals surface area contributed by atoms with E-state index in [-0.39, 0.29) is 12.2 Å². The van der Waals surface area contributed by atoms with E-state index in [2.05, 4.69) is 10.2 Å². The maximum absolute atomic E-state index is 10.1. The molecule has 0 bridgehead atoms. The molecular formula is C15H30N2O2. The highest BCUT2D eigenvalue weighted by Gasteiger charge is 2.32. The topological polar surface area (TPSA) is 44.7 Å². The second kappa shape index (κ2) is 7.58. The van der Waals surface area contributed by atoms with E-state index in [0.29, 0.717) is 18.7 Å². The van der Waals surface area contributed by atoms with E-state index in [0.717, 1.165) is 19.6 Å². The molecule has 2 fully saturated rings. The van der Waals surface area contributed by atoms with Crippen LogP contribution in [-0.4, -0.2) is 60.5 Å². The smallest absolute Gasteiger partial charge is 0.0900 e. The maximum atomic E-state index is 10.1. The van der Waals surface area contributed by atoms with Crippen molar-refractivity contribution in [2.45, 2.75) is 70.2 Å². The van der Waals surface area contributed by atoms with Gasteiger partial charge in [0, 0.05) is 18.6 Å². The summed E-state index contributed by atoms with van der Waals surface area (Å²) in [4.78, 5) is 2.49. The van der Waals surface area contributed by atoms with Crippen molar-refractivity contribution in [1.29, 1.82) is 0 Å². The van der Waals surface area contributed by atoms with Crippen LogP contribution in [0.15, 0.2) is 0 Å². The zero-order valence-corrected chi connectivity index (χ0v) is 12.5. The predicted molar refractivity (Wildman–Crippen MR) is 77.3 cm³/mol. The van der Waals surface area contributed by atoms with E-state index in [1.165, 1.54) is 32.1 Å². The number of hydrogen-bond donors (Lipinski definition) is 2. The molecule has 19 heavy (non-hydrogen) atoms. The summed E-state index contributed by atoms with van der Waals surface area (Å²) in [6.45, 7) is 7.53. The Labute approximate surface area is 117 Å². The molecule has 0 spiro atoms. The minimum Gasteiger partial charge on any atom is -0.389 e. The van der Waals surface area contributed by atoms with Gasteiger partial charge in [-0.25, -0.2) is 0 Å². The summed E-state index contributed by atoms with van der Waals surface area (Å²) >= 11 is 0. The first-order valence-electron chi connectivity index (χ1n) is 7.94. The predicted octanol–water partition coefficient (Wildman–Crippen LogP) is 1.38. The fourth-order valence-electron chi connectivity index (χ4n) is 3.37. The Kier molecular flexibility index (Phi) is 6.07. The Morgan fingerprint density at radius 3 is 2.79 bits per heavy atom. The number of β-amino-alcohol motifs (C(OH)–C–C–N with tert-alkyl or cyclic N) is 1. The van der Waals surface area contributed by atoms with Crippen molar-refractivity contribution in [3.05, 3.63) is 0 Å². The van der Waals surface area contributed by atoms with Gasteiger partial charge < -0.3 is 15.2 Å². The minimum absolute atomic E-state index is 0.198. The molecule has 2 saturated heterocycles. The molecule has 0 saturated carbocycles. The van der Waals surface area contributed by atoms with Gasteiger partial charge in [-0.15, -0.1) is 0 Å². The number of rotatable bonds is 6. The van der Waals surface area contributed by atoms with Crippen LogP contribution >= 0.6 is 0 Å². The standard InChI is InChI=1S/C15H30N2O2/c1-12(2)19-11-13(18)10-17-9-4-3-7-15(17)14-6-5-8-16-14/h12-16,18H,3-11H2,1-2H3. The third-order valence-corrected chi connectivity index (χ3v) is 4.29. The minimum atomic E-state index is -0.357. The van der Waals surface area contributed by atoms with Crippen LogP contribution in [0, 0.1) is 0 Å². The molecule has 2 aliphatic rings.